The van der Waals surface area contributed by atoms with Gasteiger partial charge in [-0.15, -0.1) is 5.10 Å². The Hall–Kier alpha value is -2.73. The van der Waals surface area contributed by atoms with Crippen LogP contribution < -0.4 is 10.1 Å². The van der Waals surface area contributed by atoms with E-state index in [2.05, 4.69) is 46.8 Å². The number of hydrogen-bond acceptors (Lipinski definition) is 5. The van der Waals surface area contributed by atoms with Crippen LogP contribution in [-0.4, -0.2) is 27.3 Å². The second-order valence-electron chi connectivity index (χ2n) is 6.14. The van der Waals surface area contributed by atoms with Crippen molar-refractivity contribution in [2.75, 3.05) is 7.11 Å². The zero-order valence-electron chi connectivity index (χ0n) is 14.8. The standard InChI is InChI=1S/C19H23N5O/c1-4-19(2,20-14-15-10-12-17(25-3)13-11-15)18-21-22-23-24(18)16-8-6-5-7-9-16/h5-13,20H,4,14H2,1-3H3. The normalized spacial score (nSPS) is 13.4. The minimum atomic E-state index is -0.348. The summed E-state index contributed by atoms with van der Waals surface area (Å²) in [4.78, 5) is 0. The van der Waals surface area contributed by atoms with Crippen LogP contribution in [0.4, 0.5) is 0 Å². The summed E-state index contributed by atoms with van der Waals surface area (Å²) in [6.45, 7) is 4.97. The average molecular weight is 337 g/mol. The van der Waals surface area contributed by atoms with Crippen molar-refractivity contribution in [1.29, 1.82) is 0 Å². The minimum Gasteiger partial charge on any atom is -0.497 e. The number of rotatable bonds is 7. The monoisotopic (exact) mass is 337 g/mol. The number of methoxy groups -OCH3 is 1. The van der Waals surface area contributed by atoms with E-state index in [0.29, 0.717) is 0 Å². The predicted octanol–water partition coefficient (Wildman–Crippen LogP) is 3.09. The van der Waals surface area contributed by atoms with E-state index in [4.69, 9.17) is 4.74 Å². The fourth-order valence-corrected chi connectivity index (χ4v) is 2.68. The molecule has 6 nitrogen and oxygen atoms in total. The third-order valence-electron chi connectivity index (χ3n) is 4.51. The number of aromatic nitrogens is 4. The molecule has 0 saturated carbocycles. The second-order valence-corrected chi connectivity index (χ2v) is 6.14. The Kier molecular flexibility index (Phi) is 5.09. The SMILES string of the molecule is CCC(C)(NCc1ccc(OC)cc1)c1nnnn1-c1ccccc1. The highest BCUT2D eigenvalue weighted by molar-refractivity contribution is 5.32. The molecule has 0 radical (unpaired) electrons. The highest BCUT2D eigenvalue weighted by Gasteiger charge is 2.31. The van der Waals surface area contributed by atoms with Crippen LogP contribution in [0.5, 0.6) is 5.75 Å². The van der Waals surface area contributed by atoms with Crippen molar-refractivity contribution in [2.24, 2.45) is 0 Å². The first-order valence-corrected chi connectivity index (χ1v) is 8.38. The third kappa shape index (κ3) is 3.69. The lowest BCUT2D eigenvalue weighted by Crippen LogP contribution is -2.41. The van der Waals surface area contributed by atoms with Gasteiger partial charge in [0.2, 0.25) is 0 Å². The number of nitrogens with one attached hydrogen (secondary N) is 1. The molecule has 130 valence electrons. The van der Waals surface area contributed by atoms with Crippen molar-refractivity contribution in [2.45, 2.75) is 32.4 Å². The molecule has 0 saturated heterocycles. The van der Waals surface area contributed by atoms with Gasteiger partial charge < -0.3 is 10.1 Å². The summed E-state index contributed by atoms with van der Waals surface area (Å²) in [5.74, 6) is 1.66. The summed E-state index contributed by atoms with van der Waals surface area (Å²) in [6.07, 6.45) is 0.858. The number of para-hydroxylation sites is 1. The van der Waals surface area contributed by atoms with E-state index in [1.165, 1.54) is 5.56 Å². The molecule has 25 heavy (non-hydrogen) atoms. The van der Waals surface area contributed by atoms with Gasteiger partial charge in [0.05, 0.1) is 18.3 Å². The summed E-state index contributed by atoms with van der Waals surface area (Å²) < 4.78 is 7.01. The topological polar surface area (TPSA) is 64.9 Å². The third-order valence-corrected chi connectivity index (χ3v) is 4.51. The summed E-state index contributed by atoms with van der Waals surface area (Å²) in [5, 5.41) is 16.0. The predicted molar refractivity (Wildman–Crippen MR) is 96.6 cm³/mol. The van der Waals surface area contributed by atoms with Crippen LogP contribution in [0.2, 0.25) is 0 Å². The van der Waals surface area contributed by atoms with Crippen LogP contribution in [0.3, 0.4) is 0 Å². The molecule has 6 heteroatoms. The van der Waals surface area contributed by atoms with Crippen LogP contribution in [0, 0.1) is 0 Å². The Morgan fingerprint density at radius 3 is 2.44 bits per heavy atom. The average Bonchev–Trinajstić information content (AvgIpc) is 3.18. The number of hydrogen-bond donors (Lipinski definition) is 1. The molecule has 1 N–H and O–H groups in total. The second kappa shape index (κ2) is 7.44. The Balaban J connectivity index is 1.82. The lowest BCUT2D eigenvalue weighted by Gasteiger charge is -2.28. The number of benzene rings is 2. The maximum absolute atomic E-state index is 5.21. The summed E-state index contributed by atoms with van der Waals surface area (Å²) >= 11 is 0. The Bertz CT molecular complexity index is 800. The lowest BCUT2D eigenvalue weighted by molar-refractivity contribution is 0.324. The van der Waals surface area contributed by atoms with Crippen molar-refractivity contribution >= 4 is 0 Å². The summed E-state index contributed by atoms with van der Waals surface area (Å²) in [7, 11) is 1.67. The molecule has 0 aliphatic rings. The molecule has 0 amide bonds. The highest BCUT2D eigenvalue weighted by Crippen LogP contribution is 2.25. The molecule has 0 aliphatic carbocycles. The van der Waals surface area contributed by atoms with Crippen molar-refractivity contribution in [1.82, 2.24) is 25.5 Å². The van der Waals surface area contributed by atoms with Crippen LogP contribution in [0.25, 0.3) is 5.69 Å². The van der Waals surface area contributed by atoms with E-state index in [9.17, 15) is 0 Å². The lowest BCUT2D eigenvalue weighted by atomic mass is 9.97. The van der Waals surface area contributed by atoms with Gasteiger partial charge in [-0.1, -0.05) is 37.3 Å². The molecule has 0 aliphatic heterocycles. The van der Waals surface area contributed by atoms with Gasteiger partial charge in [0.1, 0.15) is 5.75 Å². The minimum absolute atomic E-state index is 0.348. The first-order valence-electron chi connectivity index (χ1n) is 8.38. The number of ether oxygens (including phenoxy) is 1. The Morgan fingerprint density at radius 1 is 1.08 bits per heavy atom. The first kappa shape index (κ1) is 17.1. The quantitative estimate of drug-likeness (QED) is 0.718. The van der Waals surface area contributed by atoms with E-state index < -0.39 is 0 Å². The van der Waals surface area contributed by atoms with Gasteiger partial charge in [-0.05, 0) is 53.6 Å². The molecule has 1 unspecified atom stereocenters. The van der Waals surface area contributed by atoms with E-state index in [0.717, 1.165) is 30.2 Å². The molecule has 3 aromatic rings. The maximum Gasteiger partial charge on any atom is 0.176 e. The molecule has 0 spiro atoms. The zero-order valence-corrected chi connectivity index (χ0v) is 14.8. The van der Waals surface area contributed by atoms with Crippen molar-refractivity contribution in [3.63, 3.8) is 0 Å². The van der Waals surface area contributed by atoms with Crippen LogP contribution in [0.1, 0.15) is 31.7 Å². The van der Waals surface area contributed by atoms with Crippen LogP contribution >= 0.6 is 0 Å². The van der Waals surface area contributed by atoms with E-state index in [1.54, 1.807) is 11.8 Å². The Morgan fingerprint density at radius 2 is 1.80 bits per heavy atom. The maximum atomic E-state index is 5.21. The van der Waals surface area contributed by atoms with Gasteiger partial charge in [0.25, 0.3) is 0 Å². The molecule has 1 atom stereocenters. The molecule has 3 rings (SSSR count). The first-order chi connectivity index (χ1) is 12.2. The van der Waals surface area contributed by atoms with Crippen LogP contribution in [-0.2, 0) is 12.1 Å². The molecule has 2 aromatic carbocycles. The number of nitrogens with zero attached hydrogens (tertiary/aromatic N) is 4. The van der Waals surface area contributed by atoms with Gasteiger partial charge in [-0.3, -0.25) is 0 Å². The summed E-state index contributed by atoms with van der Waals surface area (Å²) in [5.41, 5.74) is 1.78. The molecular weight excluding hydrogens is 314 g/mol. The van der Waals surface area contributed by atoms with Gasteiger partial charge in [-0.2, -0.15) is 4.68 Å². The van der Waals surface area contributed by atoms with E-state index in [1.807, 2.05) is 42.5 Å². The highest BCUT2D eigenvalue weighted by atomic mass is 16.5. The van der Waals surface area contributed by atoms with Gasteiger partial charge in [0.15, 0.2) is 5.82 Å². The zero-order chi connectivity index (χ0) is 17.7. The van der Waals surface area contributed by atoms with E-state index >= 15 is 0 Å². The molecule has 0 bridgehead atoms. The molecule has 1 aromatic heterocycles. The largest absolute Gasteiger partial charge is 0.497 e. The van der Waals surface area contributed by atoms with Gasteiger partial charge in [0, 0.05) is 6.54 Å². The molecular formula is C19H23N5O. The molecule has 0 fully saturated rings. The summed E-state index contributed by atoms with van der Waals surface area (Å²) in [6, 6.07) is 18.0. The van der Waals surface area contributed by atoms with Crippen LogP contribution in [0.15, 0.2) is 54.6 Å². The van der Waals surface area contributed by atoms with Crippen molar-refractivity contribution < 1.29 is 4.74 Å². The van der Waals surface area contributed by atoms with Gasteiger partial charge >= 0.3 is 0 Å². The van der Waals surface area contributed by atoms with Crippen molar-refractivity contribution in [3.05, 3.63) is 66.0 Å². The fourth-order valence-electron chi connectivity index (χ4n) is 2.68. The fraction of sp³-hybridized carbons (Fsp3) is 0.316. The van der Waals surface area contributed by atoms with Gasteiger partial charge in [-0.25, -0.2) is 0 Å². The number of tetrazole rings is 1. The van der Waals surface area contributed by atoms with Crippen molar-refractivity contribution in [3.8, 4) is 11.4 Å². The molecule has 1 heterocycles. The smallest absolute Gasteiger partial charge is 0.176 e. The van der Waals surface area contributed by atoms with E-state index in [-0.39, 0.29) is 5.54 Å². The Labute approximate surface area is 147 Å².